The Bertz CT molecular complexity index is 1530. The second-order valence-electron chi connectivity index (χ2n) is 8.17. The van der Waals surface area contributed by atoms with E-state index in [1.165, 1.54) is 60.7 Å². The van der Waals surface area contributed by atoms with E-state index in [0.29, 0.717) is 39.3 Å². The van der Waals surface area contributed by atoms with E-state index in [0.717, 1.165) is 0 Å². The number of alkyl halides is 3. The Kier molecular flexibility index (Phi) is 5.96. The molecule has 5 rings (SSSR count). The second kappa shape index (κ2) is 9.27. The molecule has 0 amide bonds. The highest BCUT2D eigenvalue weighted by molar-refractivity contribution is 5.92. The molecule has 0 atom stereocenters. The molecule has 4 aromatic carbocycles. The first-order valence-electron chi connectivity index (χ1n) is 11.1. The van der Waals surface area contributed by atoms with Crippen molar-refractivity contribution in [2.45, 2.75) is 6.36 Å². The second-order valence-corrected chi connectivity index (χ2v) is 8.17. The van der Waals surface area contributed by atoms with Crippen LogP contribution in [0.5, 0.6) is 23.0 Å². The van der Waals surface area contributed by atoms with Gasteiger partial charge in [0.2, 0.25) is 0 Å². The van der Waals surface area contributed by atoms with Crippen molar-refractivity contribution in [2.24, 2.45) is 0 Å². The molecule has 0 bridgehead atoms. The zero-order chi connectivity index (χ0) is 26.2. The molecule has 6 nitrogen and oxygen atoms in total. The maximum absolute atomic E-state index is 12.7. The molecule has 9 heteroatoms. The Hall–Kier alpha value is -4.92. The summed E-state index contributed by atoms with van der Waals surface area (Å²) < 4.78 is 43.6. The van der Waals surface area contributed by atoms with Crippen molar-refractivity contribution < 1.29 is 33.2 Å². The molecular formula is C28H19F3N2O4. The Labute approximate surface area is 209 Å². The van der Waals surface area contributed by atoms with Crippen molar-refractivity contribution in [3.05, 3.63) is 97.1 Å². The van der Waals surface area contributed by atoms with Gasteiger partial charge in [-0.1, -0.05) is 12.1 Å². The lowest BCUT2D eigenvalue weighted by Crippen LogP contribution is -2.17. The minimum absolute atomic E-state index is 0.0633. The van der Waals surface area contributed by atoms with Crippen LogP contribution < -0.4 is 4.74 Å². The van der Waals surface area contributed by atoms with Crippen LogP contribution in [0.25, 0.3) is 39.3 Å². The van der Waals surface area contributed by atoms with E-state index in [1.54, 1.807) is 41.1 Å². The van der Waals surface area contributed by atoms with Gasteiger partial charge in [0.15, 0.2) is 0 Å². The summed E-state index contributed by atoms with van der Waals surface area (Å²) >= 11 is 0. The summed E-state index contributed by atoms with van der Waals surface area (Å²) in [6.07, 6.45) is -4.82. The first-order valence-corrected chi connectivity index (χ1v) is 11.1. The number of hydrogen-bond donors (Lipinski definition) is 3. The fourth-order valence-corrected chi connectivity index (χ4v) is 4.00. The monoisotopic (exact) mass is 504 g/mol. The van der Waals surface area contributed by atoms with Gasteiger partial charge in [-0.3, -0.25) is 0 Å². The predicted octanol–water partition coefficient (Wildman–Crippen LogP) is 6.89. The maximum atomic E-state index is 12.7. The lowest BCUT2D eigenvalue weighted by atomic mass is 9.95. The first kappa shape index (κ1) is 23.8. The maximum Gasteiger partial charge on any atom is 0.573 e. The number of benzene rings is 4. The fourth-order valence-electron chi connectivity index (χ4n) is 4.00. The molecule has 0 saturated heterocycles. The normalized spacial score (nSPS) is 11.4. The van der Waals surface area contributed by atoms with Crippen molar-refractivity contribution in [2.75, 3.05) is 0 Å². The summed E-state index contributed by atoms with van der Waals surface area (Å²) in [7, 11) is 0. The van der Waals surface area contributed by atoms with E-state index in [1.807, 2.05) is 0 Å². The van der Waals surface area contributed by atoms with Crippen LogP contribution >= 0.6 is 0 Å². The van der Waals surface area contributed by atoms with Gasteiger partial charge in [-0.05, 0) is 90.5 Å². The van der Waals surface area contributed by atoms with Gasteiger partial charge in [-0.25, -0.2) is 4.68 Å². The largest absolute Gasteiger partial charge is 0.573 e. The minimum atomic E-state index is -4.82. The predicted molar refractivity (Wildman–Crippen MR) is 132 cm³/mol. The molecule has 0 aliphatic carbocycles. The van der Waals surface area contributed by atoms with Gasteiger partial charge < -0.3 is 20.1 Å². The average Bonchev–Trinajstić information content (AvgIpc) is 3.25. The third kappa shape index (κ3) is 5.06. The van der Waals surface area contributed by atoms with Gasteiger partial charge in [-0.15, -0.1) is 13.2 Å². The Morgan fingerprint density at radius 3 is 1.54 bits per heavy atom. The number of aromatic nitrogens is 2. The average molecular weight is 504 g/mol. The van der Waals surface area contributed by atoms with E-state index in [4.69, 9.17) is 5.10 Å². The molecule has 0 saturated carbocycles. The van der Waals surface area contributed by atoms with Crippen LogP contribution in [-0.2, 0) is 0 Å². The number of ether oxygens (including phenoxy) is 1. The van der Waals surface area contributed by atoms with Gasteiger partial charge in [0.05, 0.1) is 11.4 Å². The molecule has 1 aromatic heterocycles. The van der Waals surface area contributed by atoms with Gasteiger partial charge in [-0.2, -0.15) is 5.10 Å². The summed E-state index contributed by atoms with van der Waals surface area (Å²) in [5.74, 6) is -0.150. The van der Waals surface area contributed by atoms with Gasteiger partial charge in [0.1, 0.15) is 28.7 Å². The molecular weight excluding hydrogens is 485 g/mol. The third-order valence-corrected chi connectivity index (χ3v) is 5.64. The van der Waals surface area contributed by atoms with Crippen molar-refractivity contribution in [1.82, 2.24) is 9.78 Å². The zero-order valence-corrected chi connectivity index (χ0v) is 19.0. The van der Waals surface area contributed by atoms with E-state index in [-0.39, 0.29) is 23.0 Å². The number of phenols is 3. The molecule has 1 heterocycles. The molecule has 186 valence electrons. The lowest BCUT2D eigenvalue weighted by Gasteiger charge is -2.12. The topological polar surface area (TPSA) is 87.7 Å². The molecule has 37 heavy (non-hydrogen) atoms. The molecule has 0 fully saturated rings. The van der Waals surface area contributed by atoms with Crippen LogP contribution in [0.3, 0.4) is 0 Å². The van der Waals surface area contributed by atoms with Crippen LogP contribution in [0.2, 0.25) is 0 Å². The highest BCUT2D eigenvalue weighted by Gasteiger charge is 2.31. The number of phenolic OH excluding ortho intramolecular Hbond substituents is 3. The number of nitrogens with zero attached hydrogens (tertiary/aromatic N) is 2. The molecule has 3 N–H and O–H groups in total. The van der Waals surface area contributed by atoms with Gasteiger partial charge >= 0.3 is 6.36 Å². The van der Waals surface area contributed by atoms with Gasteiger partial charge in [0.25, 0.3) is 0 Å². The van der Waals surface area contributed by atoms with Gasteiger partial charge in [0, 0.05) is 16.7 Å². The SMILES string of the molecule is Oc1ccc(-c2nn(-c3ccc(OC(F)(F)F)cc3)c(-c3ccc(O)cc3)c2-c2ccc(O)cc2)cc1. The number of rotatable bonds is 5. The lowest BCUT2D eigenvalue weighted by molar-refractivity contribution is -0.274. The Morgan fingerprint density at radius 1 is 0.595 bits per heavy atom. The van der Waals surface area contributed by atoms with Crippen molar-refractivity contribution >= 4 is 0 Å². The molecule has 0 radical (unpaired) electrons. The van der Waals surface area contributed by atoms with Crippen LogP contribution in [-0.4, -0.2) is 31.5 Å². The van der Waals surface area contributed by atoms with Crippen LogP contribution in [0.15, 0.2) is 97.1 Å². The molecule has 0 aliphatic heterocycles. The molecule has 0 spiro atoms. The first-order chi connectivity index (χ1) is 17.7. The van der Waals surface area contributed by atoms with E-state index < -0.39 is 6.36 Å². The Balaban J connectivity index is 1.78. The smallest absolute Gasteiger partial charge is 0.508 e. The van der Waals surface area contributed by atoms with Crippen molar-refractivity contribution in [3.63, 3.8) is 0 Å². The minimum Gasteiger partial charge on any atom is -0.508 e. The summed E-state index contributed by atoms with van der Waals surface area (Å²) in [4.78, 5) is 0. The summed E-state index contributed by atoms with van der Waals surface area (Å²) in [6, 6.07) is 24.8. The fraction of sp³-hybridized carbons (Fsp3) is 0.0357. The number of halogens is 3. The Morgan fingerprint density at radius 2 is 1.05 bits per heavy atom. The highest BCUT2D eigenvalue weighted by atomic mass is 19.4. The van der Waals surface area contributed by atoms with Crippen LogP contribution in [0.4, 0.5) is 13.2 Å². The molecule has 0 unspecified atom stereocenters. The number of aromatic hydroxyl groups is 3. The van der Waals surface area contributed by atoms with E-state index >= 15 is 0 Å². The third-order valence-electron chi connectivity index (χ3n) is 5.64. The quantitative estimate of drug-likeness (QED) is 0.243. The van der Waals surface area contributed by atoms with Crippen LogP contribution in [0, 0.1) is 0 Å². The summed E-state index contributed by atoms with van der Waals surface area (Å²) in [5, 5.41) is 34.3. The molecule has 5 aromatic rings. The van der Waals surface area contributed by atoms with E-state index in [9.17, 15) is 28.5 Å². The van der Waals surface area contributed by atoms with Crippen molar-refractivity contribution in [3.8, 4) is 62.3 Å². The standard InChI is InChI=1S/C28H19F3N2O4/c29-28(30,31)37-24-15-7-20(8-16-24)33-27(19-5-13-23(36)14-6-19)25(17-1-9-21(34)10-2-17)26(32-33)18-3-11-22(35)12-4-18/h1-16,34-36H. The highest BCUT2D eigenvalue weighted by Crippen LogP contribution is 2.42. The zero-order valence-electron chi connectivity index (χ0n) is 19.0. The van der Waals surface area contributed by atoms with Crippen molar-refractivity contribution in [1.29, 1.82) is 0 Å². The summed E-state index contributed by atoms with van der Waals surface area (Å²) in [5.41, 5.74) is 4.33. The van der Waals surface area contributed by atoms with E-state index in [2.05, 4.69) is 4.74 Å². The van der Waals surface area contributed by atoms with Crippen LogP contribution in [0.1, 0.15) is 0 Å². The summed E-state index contributed by atoms with van der Waals surface area (Å²) in [6.45, 7) is 0. The molecule has 0 aliphatic rings. The number of hydrogen-bond acceptors (Lipinski definition) is 5.